The molecule has 0 unspecified atom stereocenters. The normalized spacial score (nSPS) is 29.5. The zero-order valence-electron chi connectivity index (χ0n) is 11.7. The van der Waals surface area contributed by atoms with Crippen LogP contribution in [-0.2, 0) is 9.57 Å². The molecule has 0 bridgehead atoms. The van der Waals surface area contributed by atoms with Crippen molar-refractivity contribution in [1.82, 2.24) is 5.06 Å². The first-order valence-corrected chi connectivity index (χ1v) is 7.40. The molecule has 0 aromatic heterocycles. The molecule has 0 aliphatic carbocycles. The van der Waals surface area contributed by atoms with Gasteiger partial charge in [-0.2, -0.15) is 5.06 Å². The predicted molar refractivity (Wildman–Crippen MR) is 70.2 cm³/mol. The lowest BCUT2D eigenvalue weighted by Crippen LogP contribution is -2.40. The second-order valence-electron chi connectivity index (χ2n) is 5.76. The zero-order chi connectivity index (χ0) is 13.0. The van der Waals surface area contributed by atoms with Crippen LogP contribution in [0.25, 0.3) is 0 Å². The number of rotatable bonds is 6. The van der Waals surface area contributed by atoms with Crippen molar-refractivity contribution in [3.05, 3.63) is 0 Å². The minimum atomic E-state index is -0.538. The predicted octanol–water partition coefficient (Wildman–Crippen LogP) is 2.11. The Hall–Kier alpha value is -0.160. The van der Waals surface area contributed by atoms with Gasteiger partial charge in [0.05, 0.1) is 31.0 Å². The first-order chi connectivity index (χ1) is 8.67. The van der Waals surface area contributed by atoms with Crippen LogP contribution in [0.1, 0.15) is 52.4 Å². The van der Waals surface area contributed by atoms with E-state index in [2.05, 4.69) is 18.9 Å². The van der Waals surface area contributed by atoms with Gasteiger partial charge in [-0.1, -0.05) is 26.7 Å². The van der Waals surface area contributed by atoms with Crippen LogP contribution in [-0.4, -0.2) is 47.7 Å². The van der Waals surface area contributed by atoms with Crippen LogP contribution in [0, 0.1) is 0 Å². The Balaban J connectivity index is 1.88. The van der Waals surface area contributed by atoms with E-state index in [1.807, 2.05) is 0 Å². The Bertz CT molecular complexity index is 239. The van der Waals surface area contributed by atoms with Crippen molar-refractivity contribution in [2.24, 2.45) is 0 Å². The van der Waals surface area contributed by atoms with Crippen molar-refractivity contribution in [2.45, 2.75) is 70.1 Å². The average Bonchev–Trinajstić information content (AvgIpc) is 2.70. The van der Waals surface area contributed by atoms with E-state index in [1.54, 1.807) is 0 Å². The zero-order valence-corrected chi connectivity index (χ0v) is 11.7. The van der Waals surface area contributed by atoms with Gasteiger partial charge in [-0.15, -0.1) is 0 Å². The molecule has 2 atom stereocenters. The smallest absolute Gasteiger partial charge is 0.0837 e. The van der Waals surface area contributed by atoms with E-state index in [-0.39, 0.29) is 6.10 Å². The molecular formula is C14H27NO3. The van der Waals surface area contributed by atoms with Gasteiger partial charge in [-0.25, -0.2) is 0 Å². The summed E-state index contributed by atoms with van der Waals surface area (Å²) in [6.07, 6.45) is 5.74. The molecule has 0 amide bonds. The van der Waals surface area contributed by atoms with E-state index in [0.717, 1.165) is 58.3 Å². The first-order valence-electron chi connectivity index (χ1n) is 7.40. The number of hydroxylamine groups is 2. The molecule has 0 aromatic carbocycles. The lowest BCUT2D eigenvalue weighted by Gasteiger charge is -2.30. The molecule has 2 fully saturated rings. The first kappa shape index (κ1) is 14.3. The van der Waals surface area contributed by atoms with E-state index < -0.39 is 5.60 Å². The molecule has 1 N–H and O–H groups in total. The third-order valence-corrected chi connectivity index (χ3v) is 4.03. The summed E-state index contributed by atoms with van der Waals surface area (Å²) in [5.74, 6) is 0. The molecule has 0 radical (unpaired) electrons. The summed E-state index contributed by atoms with van der Waals surface area (Å²) in [7, 11) is 0. The van der Waals surface area contributed by atoms with Gasteiger partial charge in [0.2, 0.25) is 0 Å². The lowest BCUT2D eigenvalue weighted by atomic mass is 9.86. The van der Waals surface area contributed by atoms with Gasteiger partial charge in [0, 0.05) is 13.0 Å². The maximum atomic E-state index is 10.7. The summed E-state index contributed by atoms with van der Waals surface area (Å²) in [5, 5.41) is 12.7. The molecule has 0 spiro atoms. The van der Waals surface area contributed by atoms with E-state index in [9.17, 15) is 5.11 Å². The monoisotopic (exact) mass is 257 g/mol. The van der Waals surface area contributed by atoms with Gasteiger partial charge in [0.1, 0.15) is 0 Å². The fraction of sp³-hybridized carbons (Fsp3) is 1.00. The van der Waals surface area contributed by atoms with Crippen molar-refractivity contribution in [3.63, 3.8) is 0 Å². The standard InChI is InChI=1S/C14H27NO3/c1-3-5-14(16,6-4-2)10-13-9-12-11-17-8-7-15(12)18-13/h12-13,16H,3-11H2,1-2H3/t12-,13-/m0/s1. The van der Waals surface area contributed by atoms with Crippen molar-refractivity contribution in [1.29, 1.82) is 0 Å². The molecule has 0 saturated carbocycles. The number of aliphatic hydroxyl groups is 1. The Labute approximate surface area is 110 Å². The quantitative estimate of drug-likeness (QED) is 0.791. The molecule has 2 heterocycles. The Kier molecular flexibility index (Phi) is 5.01. The van der Waals surface area contributed by atoms with Crippen molar-refractivity contribution in [2.75, 3.05) is 19.8 Å². The summed E-state index contributed by atoms with van der Waals surface area (Å²) in [6.45, 7) is 6.66. The van der Waals surface area contributed by atoms with E-state index in [0.29, 0.717) is 6.04 Å². The number of nitrogens with zero attached hydrogens (tertiary/aromatic N) is 1. The van der Waals surface area contributed by atoms with E-state index >= 15 is 0 Å². The molecule has 2 aliphatic rings. The van der Waals surface area contributed by atoms with Crippen LogP contribution in [0.2, 0.25) is 0 Å². The fourth-order valence-electron chi connectivity index (χ4n) is 3.31. The second kappa shape index (κ2) is 6.33. The van der Waals surface area contributed by atoms with Crippen molar-refractivity contribution >= 4 is 0 Å². The average molecular weight is 257 g/mol. The summed E-state index contributed by atoms with van der Waals surface area (Å²) < 4.78 is 5.47. The number of hydrogen-bond acceptors (Lipinski definition) is 4. The third-order valence-electron chi connectivity index (χ3n) is 4.03. The maximum absolute atomic E-state index is 10.7. The van der Waals surface area contributed by atoms with Crippen molar-refractivity contribution < 1.29 is 14.7 Å². The molecule has 2 aliphatic heterocycles. The Morgan fingerprint density at radius 1 is 1.28 bits per heavy atom. The molecule has 2 saturated heterocycles. The van der Waals surface area contributed by atoms with Gasteiger partial charge >= 0.3 is 0 Å². The van der Waals surface area contributed by atoms with Crippen LogP contribution in [0.4, 0.5) is 0 Å². The van der Waals surface area contributed by atoms with Gasteiger partial charge in [-0.05, 0) is 19.3 Å². The van der Waals surface area contributed by atoms with Crippen LogP contribution in [0.15, 0.2) is 0 Å². The highest BCUT2D eigenvalue weighted by Gasteiger charge is 2.39. The van der Waals surface area contributed by atoms with E-state index in [4.69, 9.17) is 9.57 Å². The van der Waals surface area contributed by atoms with Gasteiger partial charge in [-0.3, -0.25) is 4.84 Å². The molecular weight excluding hydrogens is 230 g/mol. The molecule has 4 heteroatoms. The molecule has 2 rings (SSSR count). The van der Waals surface area contributed by atoms with Gasteiger partial charge in [0.15, 0.2) is 0 Å². The highest BCUT2D eigenvalue weighted by molar-refractivity contribution is 4.87. The van der Waals surface area contributed by atoms with Gasteiger partial charge in [0.25, 0.3) is 0 Å². The van der Waals surface area contributed by atoms with Crippen molar-refractivity contribution in [3.8, 4) is 0 Å². The fourth-order valence-corrected chi connectivity index (χ4v) is 3.31. The Morgan fingerprint density at radius 2 is 2.00 bits per heavy atom. The summed E-state index contributed by atoms with van der Waals surface area (Å²) in [4.78, 5) is 5.95. The lowest BCUT2D eigenvalue weighted by molar-refractivity contribution is -0.204. The Morgan fingerprint density at radius 3 is 2.61 bits per heavy atom. The molecule has 4 nitrogen and oxygen atoms in total. The minimum absolute atomic E-state index is 0.166. The second-order valence-corrected chi connectivity index (χ2v) is 5.76. The van der Waals surface area contributed by atoms with Crippen LogP contribution >= 0.6 is 0 Å². The van der Waals surface area contributed by atoms with E-state index in [1.165, 1.54) is 0 Å². The number of fused-ring (bicyclic) bond motifs is 1. The highest BCUT2D eigenvalue weighted by atomic mass is 16.7. The number of ether oxygens (including phenoxy) is 1. The number of morpholine rings is 1. The highest BCUT2D eigenvalue weighted by Crippen LogP contribution is 2.33. The minimum Gasteiger partial charge on any atom is -0.390 e. The number of hydrogen-bond donors (Lipinski definition) is 1. The topological polar surface area (TPSA) is 41.9 Å². The third kappa shape index (κ3) is 3.44. The summed E-state index contributed by atoms with van der Waals surface area (Å²) in [6, 6.07) is 0.399. The summed E-state index contributed by atoms with van der Waals surface area (Å²) >= 11 is 0. The van der Waals surface area contributed by atoms with Crippen LogP contribution in [0.3, 0.4) is 0 Å². The SMILES string of the molecule is CCCC(O)(CCC)C[C@@H]1C[C@H]2COCCN2O1. The molecule has 18 heavy (non-hydrogen) atoms. The largest absolute Gasteiger partial charge is 0.390 e. The molecule has 106 valence electrons. The summed E-state index contributed by atoms with van der Waals surface area (Å²) in [5.41, 5.74) is -0.538. The maximum Gasteiger partial charge on any atom is 0.0837 e. The molecule has 0 aromatic rings. The van der Waals surface area contributed by atoms with Crippen LogP contribution in [0.5, 0.6) is 0 Å². The van der Waals surface area contributed by atoms with Gasteiger partial charge < -0.3 is 9.84 Å². The van der Waals surface area contributed by atoms with Crippen LogP contribution < -0.4 is 0 Å².